The second-order valence-corrected chi connectivity index (χ2v) is 5.63. The standard InChI is InChI=1S/C19H18FN3O2/c20-16-11-9-14(10-12-16)13-21-17(24)7-4-8-18-22-19(23-25-18)15-5-2-1-3-6-15/h1-3,5-6,9-12H,4,7-8,13H2,(H,21,24). The molecule has 0 radical (unpaired) electrons. The van der Waals surface area contributed by atoms with Crippen LogP contribution in [-0.2, 0) is 17.8 Å². The minimum Gasteiger partial charge on any atom is -0.352 e. The van der Waals surface area contributed by atoms with E-state index in [1.54, 1.807) is 12.1 Å². The largest absolute Gasteiger partial charge is 0.352 e. The van der Waals surface area contributed by atoms with Crippen molar-refractivity contribution < 1.29 is 13.7 Å². The Kier molecular flexibility index (Phi) is 5.51. The third kappa shape index (κ3) is 4.97. The quantitative estimate of drug-likeness (QED) is 0.715. The van der Waals surface area contributed by atoms with Gasteiger partial charge in [0.2, 0.25) is 17.6 Å². The summed E-state index contributed by atoms with van der Waals surface area (Å²) in [5, 5.41) is 6.76. The van der Waals surface area contributed by atoms with Gasteiger partial charge in [0.15, 0.2) is 0 Å². The van der Waals surface area contributed by atoms with Crippen LogP contribution in [0.3, 0.4) is 0 Å². The lowest BCUT2D eigenvalue weighted by molar-refractivity contribution is -0.121. The molecule has 0 unspecified atom stereocenters. The smallest absolute Gasteiger partial charge is 0.226 e. The first-order valence-electron chi connectivity index (χ1n) is 8.10. The molecule has 1 heterocycles. The number of carbonyl (C=O) groups excluding carboxylic acids is 1. The van der Waals surface area contributed by atoms with Crippen LogP contribution in [0.25, 0.3) is 11.4 Å². The number of amides is 1. The first kappa shape index (κ1) is 16.8. The first-order chi connectivity index (χ1) is 12.2. The molecule has 0 fully saturated rings. The molecule has 0 aliphatic rings. The van der Waals surface area contributed by atoms with E-state index in [0.29, 0.717) is 37.5 Å². The fourth-order valence-corrected chi connectivity index (χ4v) is 2.35. The van der Waals surface area contributed by atoms with E-state index in [1.807, 2.05) is 30.3 Å². The van der Waals surface area contributed by atoms with E-state index in [1.165, 1.54) is 12.1 Å². The summed E-state index contributed by atoms with van der Waals surface area (Å²) in [6, 6.07) is 15.6. The predicted molar refractivity (Wildman–Crippen MR) is 90.9 cm³/mol. The number of aryl methyl sites for hydroxylation is 1. The third-order valence-electron chi connectivity index (χ3n) is 3.70. The monoisotopic (exact) mass is 339 g/mol. The van der Waals surface area contributed by atoms with E-state index in [-0.39, 0.29) is 11.7 Å². The van der Waals surface area contributed by atoms with Crippen LogP contribution in [0.15, 0.2) is 59.1 Å². The number of carbonyl (C=O) groups is 1. The Balaban J connectivity index is 1.41. The molecule has 0 atom stereocenters. The minimum absolute atomic E-state index is 0.0628. The van der Waals surface area contributed by atoms with Gasteiger partial charge in [-0.15, -0.1) is 0 Å². The summed E-state index contributed by atoms with van der Waals surface area (Å²) >= 11 is 0. The molecule has 6 heteroatoms. The van der Waals surface area contributed by atoms with Crippen molar-refractivity contribution >= 4 is 5.91 Å². The number of benzene rings is 2. The van der Waals surface area contributed by atoms with Crippen LogP contribution in [-0.4, -0.2) is 16.0 Å². The molecule has 2 aromatic carbocycles. The van der Waals surface area contributed by atoms with Gasteiger partial charge in [0.25, 0.3) is 0 Å². The maximum atomic E-state index is 12.8. The fraction of sp³-hybridized carbons (Fsp3) is 0.211. The van der Waals surface area contributed by atoms with Crippen molar-refractivity contribution in [2.24, 2.45) is 0 Å². The molecule has 0 aliphatic carbocycles. The number of halogens is 1. The minimum atomic E-state index is -0.287. The molecule has 3 rings (SSSR count). The Bertz CT molecular complexity index is 816. The number of nitrogens with one attached hydrogen (secondary N) is 1. The van der Waals surface area contributed by atoms with E-state index in [4.69, 9.17) is 4.52 Å². The fourth-order valence-electron chi connectivity index (χ4n) is 2.35. The molecule has 128 valence electrons. The van der Waals surface area contributed by atoms with Crippen molar-refractivity contribution in [1.29, 1.82) is 0 Å². The summed E-state index contributed by atoms with van der Waals surface area (Å²) in [6.45, 7) is 0.387. The molecule has 1 aromatic heterocycles. The number of nitrogens with zero attached hydrogens (tertiary/aromatic N) is 2. The highest BCUT2D eigenvalue weighted by molar-refractivity contribution is 5.75. The molecule has 5 nitrogen and oxygen atoms in total. The number of rotatable bonds is 7. The van der Waals surface area contributed by atoms with Crippen LogP contribution in [0.4, 0.5) is 4.39 Å². The van der Waals surface area contributed by atoms with Gasteiger partial charge in [-0.2, -0.15) is 4.98 Å². The Hall–Kier alpha value is -3.02. The lowest BCUT2D eigenvalue weighted by atomic mass is 10.2. The molecule has 0 spiro atoms. The van der Waals surface area contributed by atoms with Crippen LogP contribution in [0.2, 0.25) is 0 Å². The second-order valence-electron chi connectivity index (χ2n) is 5.63. The van der Waals surface area contributed by atoms with E-state index >= 15 is 0 Å². The van der Waals surface area contributed by atoms with Gasteiger partial charge >= 0.3 is 0 Å². The third-order valence-corrected chi connectivity index (χ3v) is 3.70. The van der Waals surface area contributed by atoms with Gasteiger partial charge in [-0.05, 0) is 24.1 Å². The molecule has 0 saturated carbocycles. The Morgan fingerprint density at radius 1 is 1.08 bits per heavy atom. The van der Waals surface area contributed by atoms with Gasteiger partial charge in [0.1, 0.15) is 5.82 Å². The Labute approximate surface area is 144 Å². The van der Waals surface area contributed by atoms with E-state index in [9.17, 15) is 9.18 Å². The van der Waals surface area contributed by atoms with Crippen LogP contribution in [0.5, 0.6) is 0 Å². The van der Waals surface area contributed by atoms with Gasteiger partial charge < -0.3 is 9.84 Å². The van der Waals surface area contributed by atoms with Crippen LogP contribution < -0.4 is 5.32 Å². The van der Waals surface area contributed by atoms with Crippen molar-refractivity contribution in [3.63, 3.8) is 0 Å². The molecule has 1 amide bonds. The van der Waals surface area contributed by atoms with Crippen LogP contribution in [0.1, 0.15) is 24.3 Å². The topological polar surface area (TPSA) is 68.0 Å². The number of hydrogen-bond acceptors (Lipinski definition) is 4. The van der Waals surface area contributed by atoms with Gasteiger partial charge in [0, 0.05) is 24.9 Å². The lowest BCUT2D eigenvalue weighted by Crippen LogP contribution is -2.22. The lowest BCUT2D eigenvalue weighted by Gasteiger charge is -2.04. The molecule has 0 aliphatic heterocycles. The van der Waals surface area contributed by atoms with Crippen LogP contribution >= 0.6 is 0 Å². The van der Waals surface area contributed by atoms with Gasteiger partial charge in [0.05, 0.1) is 0 Å². The summed E-state index contributed by atoms with van der Waals surface area (Å²) in [4.78, 5) is 16.2. The molecular formula is C19H18FN3O2. The molecule has 0 saturated heterocycles. The molecule has 0 bridgehead atoms. The van der Waals surface area contributed by atoms with Gasteiger partial charge in [-0.3, -0.25) is 4.79 Å². The van der Waals surface area contributed by atoms with Crippen molar-refractivity contribution in [1.82, 2.24) is 15.5 Å². The zero-order valence-electron chi connectivity index (χ0n) is 13.6. The summed E-state index contributed by atoms with van der Waals surface area (Å²) in [5.41, 5.74) is 1.76. The maximum Gasteiger partial charge on any atom is 0.226 e. The summed E-state index contributed by atoms with van der Waals surface area (Å²) in [5.74, 6) is 0.721. The van der Waals surface area contributed by atoms with Crippen molar-refractivity contribution in [3.05, 3.63) is 71.9 Å². The summed E-state index contributed by atoms with van der Waals surface area (Å²) in [6.07, 6.45) is 1.53. The second kappa shape index (κ2) is 8.19. The molecule has 3 aromatic rings. The van der Waals surface area contributed by atoms with E-state index < -0.39 is 0 Å². The SMILES string of the molecule is O=C(CCCc1nc(-c2ccccc2)no1)NCc1ccc(F)cc1. The molecule has 25 heavy (non-hydrogen) atoms. The average molecular weight is 339 g/mol. The normalized spacial score (nSPS) is 10.6. The van der Waals surface area contributed by atoms with Gasteiger partial charge in [-0.1, -0.05) is 47.6 Å². The van der Waals surface area contributed by atoms with Crippen molar-refractivity contribution in [2.45, 2.75) is 25.8 Å². The zero-order valence-corrected chi connectivity index (χ0v) is 13.6. The maximum absolute atomic E-state index is 12.8. The van der Waals surface area contributed by atoms with Gasteiger partial charge in [-0.25, -0.2) is 4.39 Å². The zero-order chi connectivity index (χ0) is 17.5. The van der Waals surface area contributed by atoms with E-state index in [0.717, 1.165) is 11.1 Å². The predicted octanol–water partition coefficient (Wildman–Crippen LogP) is 3.51. The number of hydrogen-bond donors (Lipinski definition) is 1. The highest BCUT2D eigenvalue weighted by Crippen LogP contribution is 2.15. The molecular weight excluding hydrogens is 321 g/mol. The Morgan fingerprint density at radius 3 is 2.60 bits per heavy atom. The van der Waals surface area contributed by atoms with Crippen molar-refractivity contribution in [3.8, 4) is 11.4 Å². The highest BCUT2D eigenvalue weighted by atomic mass is 19.1. The van der Waals surface area contributed by atoms with Crippen LogP contribution in [0, 0.1) is 5.82 Å². The Morgan fingerprint density at radius 2 is 1.84 bits per heavy atom. The average Bonchev–Trinajstić information content (AvgIpc) is 3.11. The number of aromatic nitrogens is 2. The molecule has 1 N–H and O–H groups in total. The van der Waals surface area contributed by atoms with Crippen molar-refractivity contribution in [2.75, 3.05) is 0 Å². The first-order valence-corrected chi connectivity index (χ1v) is 8.10. The summed E-state index contributed by atoms with van der Waals surface area (Å²) in [7, 11) is 0. The summed E-state index contributed by atoms with van der Waals surface area (Å²) < 4.78 is 18.0. The highest BCUT2D eigenvalue weighted by Gasteiger charge is 2.09. The van der Waals surface area contributed by atoms with E-state index in [2.05, 4.69) is 15.5 Å².